The Kier molecular flexibility index (Phi) is 5.15. The predicted molar refractivity (Wildman–Crippen MR) is 66.4 cm³/mol. The summed E-state index contributed by atoms with van der Waals surface area (Å²) in [5, 5.41) is 0. The van der Waals surface area contributed by atoms with Gasteiger partial charge >= 0.3 is 0 Å². The lowest BCUT2D eigenvalue weighted by molar-refractivity contribution is 0.482. The maximum atomic E-state index is 5.61. The average molecular weight is 273 g/mol. The third-order valence-electron chi connectivity index (χ3n) is 1.79. The highest BCUT2D eigenvalue weighted by atomic mass is 79.9. The molecule has 0 saturated heterocycles. The van der Waals surface area contributed by atoms with Gasteiger partial charge in [0.15, 0.2) is 0 Å². The first-order valence-electron chi connectivity index (χ1n) is 4.33. The van der Waals surface area contributed by atoms with Crippen LogP contribution in [0.2, 0.25) is 0 Å². The third kappa shape index (κ3) is 3.85. The predicted octanol–water partition coefficient (Wildman–Crippen LogP) is 3.86. The van der Waals surface area contributed by atoms with Crippen molar-refractivity contribution >= 4 is 39.0 Å². The van der Waals surface area contributed by atoms with Crippen molar-refractivity contribution in [3.05, 3.63) is 59.1 Å². The van der Waals surface area contributed by atoms with E-state index in [-0.39, 0.29) is 23.1 Å². The van der Waals surface area contributed by atoms with E-state index in [2.05, 4.69) is 15.9 Å². The van der Waals surface area contributed by atoms with E-state index in [9.17, 15) is 0 Å². The van der Waals surface area contributed by atoms with Crippen LogP contribution in [-0.4, -0.2) is 23.1 Å². The summed E-state index contributed by atoms with van der Waals surface area (Å²) in [5.41, 5.74) is 0. The molecular formula is C12H9BrMgO. The van der Waals surface area contributed by atoms with Crippen LogP contribution in [0.4, 0.5) is 0 Å². The summed E-state index contributed by atoms with van der Waals surface area (Å²) in [5.74, 6) is 1.70. The highest BCUT2D eigenvalue weighted by Crippen LogP contribution is 2.22. The largest absolute Gasteiger partial charge is 0.457 e. The van der Waals surface area contributed by atoms with Crippen LogP contribution in [0.5, 0.6) is 11.5 Å². The fourth-order valence-corrected chi connectivity index (χ4v) is 1.39. The van der Waals surface area contributed by atoms with Gasteiger partial charge in [0.25, 0.3) is 0 Å². The van der Waals surface area contributed by atoms with Gasteiger partial charge in [-0.2, -0.15) is 0 Å². The van der Waals surface area contributed by atoms with E-state index in [1.807, 2.05) is 54.6 Å². The Morgan fingerprint density at radius 1 is 0.733 bits per heavy atom. The Hall–Kier alpha value is -0.514. The van der Waals surface area contributed by atoms with Crippen molar-refractivity contribution in [1.29, 1.82) is 0 Å². The summed E-state index contributed by atoms with van der Waals surface area (Å²) in [6.45, 7) is 0. The van der Waals surface area contributed by atoms with Crippen molar-refractivity contribution in [1.82, 2.24) is 0 Å². The van der Waals surface area contributed by atoms with Gasteiger partial charge in [-0.1, -0.05) is 34.1 Å². The molecule has 0 amide bonds. The Labute approximate surface area is 114 Å². The molecule has 0 unspecified atom stereocenters. The summed E-state index contributed by atoms with van der Waals surface area (Å²) in [4.78, 5) is 0. The van der Waals surface area contributed by atoms with E-state index in [1.165, 1.54) is 0 Å². The van der Waals surface area contributed by atoms with Crippen LogP contribution in [0.25, 0.3) is 0 Å². The second kappa shape index (κ2) is 6.15. The van der Waals surface area contributed by atoms with Gasteiger partial charge in [-0.3, -0.25) is 0 Å². The zero-order valence-electron chi connectivity index (χ0n) is 8.19. The van der Waals surface area contributed by atoms with E-state index in [4.69, 9.17) is 4.74 Å². The second-order valence-electron chi connectivity index (χ2n) is 2.87. The molecule has 2 rings (SSSR count). The van der Waals surface area contributed by atoms with Crippen LogP contribution in [-0.2, 0) is 0 Å². The SMILES string of the molecule is Brc1ccc(Oc2ccccc2)cc1.[Mg]. The monoisotopic (exact) mass is 272 g/mol. The molecule has 0 aromatic heterocycles. The molecule has 0 aliphatic heterocycles. The van der Waals surface area contributed by atoms with Crippen LogP contribution in [0.15, 0.2) is 59.1 Å². The molecule has 1 nitrogen and oxygen atoms in total. The Bertz CT molecular complexity index is 400. The maximum absolute atomic E-state index is 5.61. The first-order chi connectivity index (χ1) is 6.84. The average Bonchev–Trinajstić information content (AvgIpc) is 2.23. The summed E-state index contributed by atoms with van der Waals surface area (Å²) in [7, 11) is 0. The quantitative estimate of drug-likeness (QED) is 0.755. The minimum Gasteiger partial charge on any atom is -0.457 e. The lowest BCUT2D eigenvalue weighted by Crippen LogP contribution is -1.82. The summed E-state index contributed by atoms with van der Waals surface area (Å²) >= 11 is 3.38. The summed E-state index contributed by atoms with van der Waals surface area (Å²) < 4.78 is 6.67. The Balaban J connectivity index is 0.00000112. The second-order valence-corrected chi connectivity index (χ2v) is 3.78. The normalized spacial score (nSPS) is 9.13. The zero-order valence-corrected chi connectivity index (χ0v) is 11.2. The molecule has 0 N–H and O–H groups in total. The van der Waals surface area contributed by atoms with E-state index in [0.717, 1.165) is 16.0 Å². The highest BCUT2D eigenvalue weighted by Gasteiger charge is 1.94. The van der Waals surface area contributed by atoms with Gasteiger partial charge in [0.2, 0.25) is 0 Å². The zero-order chi connectivity index (χ0) is 9.80. The molecule has 0 heterocycles. The molecular weight excluding hydrogens is 264 g/mol. The van der Waals surface area contributed by atoms with Gasteiger partial charge in [-0.25, -0.2) is 0 Å². The Morgan fingerprint density at radius 2 is 1.27 bits per heavy atom. The van der Waals surface area contributed by atoms with E-state index in [1.54, 1.807) is 0 Å². The van der Waals surface area contributed by atoms with Crippen LogP contribution < -0.4 is 4.74 Å². The van der Waals surface area contributed by atoms with Gasteiger partial charge in [0.05, 0.1) is 0 Å². The minimum absolute atomic E-state index is 0. The molecule has 0 spiro atoms. The standard InChI is InChI=1S/C12H9BrO.Mg/c13-10-6-8-12(9-7-10)14-11-4-2-1-3-5-11;/h1-9H;. The number of rotatable bonds is 2. The fraction of sp³-hybridized carbons (Fsp3) is 0. The highest BCUT2D eigenvalue weighted by molar-refractivity contribution is 9.10. The maximum Gasteiger partial charge on any atom is 0.127 e. The molecule has 0 saturated carbocycles. The first kappa shape index (κ1) is 12.6. The van der Waals surface area contributed by atoms with Crippen molar-refractivity contribution < 1.29 is 4.74 Å². The molecule has 72 valence electrons. The van der Waals surface area contributed by atoms with Gasteiger partial charge in [0, 0.05) is 27.5 Å². The molecule has 0 aliphatic rings. The number of hydrogen-bond acceptors (Lipinski definition) is 1. The van der Waals surface area contributed by atoms with Crippen molar-refractivity contribution in [2.75, 3.05) is 0 Å². The van der Waals surface area contributed by atoms with Crippen LogP contribution in [0.1, 0.15) is 0 Å². The van der Waals surface area contributed by atoms with Gasteiger partial charge in [-0.15, -0.1) is 0 Å². The van der Waals surface area contributed by atoms with Crippen molar-refractivity contribution in [2.45, 2.75) is 0 Å². The number of ether oxygens (including phenoxy) is 1. The fourth-order valence-electron chi connectivity index (χ4n) is 1.13. The lowest BCUT2D eigenvalue weighted by atomic mass is 10.3. The molecule has 2 aromatic rings. The van der Waals surface area contributed by atoms with Gasteiger partial charge in [0.1, 0.15) is 11.5 Å². The third-order valence-corrected chi connectivity index (χ3v) is 2.32. The van der Waals surface area contributed by atoms with Crippen molar-refractivity contribution in [3.8, 4) is 11.5 Å². The van der Waals surface area contributed by atoms with Gasteiger partial charge < -0.3 is 4.74 Å². The van der Waals surface area contributed by atoms with E-state index >= 15 is 0 Å². The smallest absolute Gasteiger partial charge is 0.127 e. The number of halogens is 1. The lowest BCUT2D eigenvalue weighted by Gasteiger charge is -2.04. The summed E-state index contributed by atoms with van der Waals surface area (Å²) in [6, 6.07) is 17.5. The van der Waals surface area contributed by atoms with Crippen molar-refractivity contribution in [2.24, 2.45) is 0 Å². The van der Waals surface area contributed by atoms with E-state index < -0.39 is 0 Å². The molecule has 2 radical (unpaired) electrons. The van der Waals surface area contributed by atoms with Crippen LogP contribution in [0, 0.1) is 0 Å². The van der Waals surface area contributed by atoms with Gasteiger partial charge in [-0.05, 0) is 36.4 Å². The molecule has 0 atom stereocenters. The van der Waals surface area contributed by atoms with Crippen LogP contribution in [0.3, 0.4) is 0 Å². The van der Waals surface area contributed by atoms with Crippen molar-refractivity contribution in [3.63, 3.8) is 0 Å². The number of hydrogen-bond donors (Lipinski definition) is 0. The van der Waals surface area contributed by atoms with E-state index in [0.29, 0.717) is 0 Å². The Morgan fingerprint density at radius 3 is 1.87 bits per heavy atom. The molecule has 0 aliphatic carbocycles. The minimum atomic E-state index is 0. The van der Waals surface area contributed by atoms with Crippen LogP contribution >= 0.6 is 15.9 Å². The topological polar surface area (TPSA) is 9.23 Å². The number of benzene rings is 2. The number of para-hydroxylation sites is 1. The first-order valence-corrected chi connectivity index (χ1v) is 5.12. The summed E-state index contributed by atoms with van der Waals surface area (Å²) in [6.07, 6.45) is 0. The molecule has 0 bridgehead atoms. The molecule has 3 heteroatoms. The molecule has 15 heavy (non-hydrogen) atoms. The molecule has 0 fully saturated rings. The molecule has 2 aromatic carbocycles.